The Morgan fingerprint density at radius 3 is 2.80 bits per heavy atom. The highest BCUT2D eigenvalue weighted by molar-refractivity contribution is 5.76. The normalized spacial score (nSPS) is 12.5. The predicted octanol–water partition coefficient (Wildman–Crippen LogP) is -0.107. The molecular formula is C10H22N2O3. The molecule has 0 heterocycles. The molecule has 0 aromatic rings. The molecule has 0 aliphatic rings. The zero-order valence-corrected chi connectivity index (χ0v) is 9.62. The number of carbonyl (C=O) groups is 1. The smallest absolute Gasteiger partial charge is 0.222 e. The topological polar surface area (TPSA) is 73.6 Å². The molecule has 5 heteroatoms. The Bertz CT molecular complexity index is 161. The summed E-state index contributed by atoms with van der Waals surface area (Å²) in [5.41, 5.74) is 5.40. The molecule has 1 unspecified atom stereocenters. The number of methoxy groups -OCH3 is 1. The molecule has 0 radical (unpaired) electrons. The van der Waals surface area contributed by atoms with Crippen molar-refractivity contribution < 1.29 is 14.3 Å². The van der Waals surface area contributed by atoms with Gasteiger partial charge >= 0.3 is 0 Å². The molecule has 3 N–H and O–H groups in total. The lowest BCUT2D eigenvalue weighted by Crippen LogP contribution is -2.32. The summed E-state index contributed by atoms with van der Waals surface area (Å²) in [6, 6.07) is 0. The molecule has 0 saturated heterocycles. The molecule has 5 nitrogen and oxygen atoms in total. The zero-order chi connectivity index (χ0) is 11.5. The van der Waals surface area contributed by atoms with Gasteiger partial charge in [-0.15, -0.1) is 0 Å². The van der Waals surface area contributed by atoms with Gasteiger partial charge in [-0.3, -0.25) is 4.79 Å². The maximum Gasteiger partial charge on any atom is 0.222 e. The van der Waals surface area contributed by atoms with E-state index in [0.717, 1.165) is 6.42 Å². The Hall–Kier alpha value is -0.650. The van der Waals surface area contributed by atoms with Gasteiger partial charge < -0.3 is 20.5 Å². The molecule has 1 atom stereocenters. The molecule has 0 aromatic carbocycles. The summed E-state index contributed by atoms with van der Waals surface area (Å²) in [7, 11) is 1.56. The van der Waals surface area contributed by atoms with E-state index in [1.54, 1.807) is 7.11 Å². The molecule has 0 rings (SSSR count). The van der Waals surface area contributed by atoms with Crippen molar-refractivity contribution in [3.8, 4) is 0 Å². The third-order valence-corrected chi connectivity index (χ3v) is 2.00. The molecule has 15 heavy (non-hydrogen) atoms. The molecule has 90 valence electrons. The fourth-order valence-corrected chi connectivity index (χ4v) is 1.09. The van der Waals surface area contributed by atoms with E-state index < -0.39 is 0 Å². The van der Waals surface area contributed by atoms with Crippen LogP contribution >= 0.6 is 0 Å². The second-order valence-electron chi connectivity index (χ2n) is 3.20. The van der Waals surface area contributed by atoms with Crippen LogP contribution in [0.25, 0.3) is 0 Å². The summed E-state index contributed by atoms with van der Waals surface area (Å²) < 4.78 is 10.1. The number of hydrogen-bond donors (Lipinski definition) is 2. The van der Waals surface area contributed by atoms with Gasteiger partial charge in [-0.2, -0.15) is 0 Å². The van der Waals surface area contributed by atoms with Crippen LogP contribution in [0.3, 0.4) is 0 Å². The van der Waals surface area contributed by atoms with Crippen molar-refractivity contribution in [3.05, 3.63) is 0 Å². The van der Waals surface area contributed by atoms with E-state index in [1.807, 2.05) is 6.92 Å². The molecule has 0 fully saturated rings. The highest BCUT2D eigenvalue weighted by Gasteiger charge is 2.10. The fraction of sp³-hybridized carbons (Fsp3) is 0.900. The highest BCUT2D eigenvalue weighted by Crippen LogP contribution is 1.94. The first-order valence-corrected chi connectivity index (χ1v) is 5.31. The lowest BCUT2D eigenvalue weighted by Gasteiger charge is -2.12. The van der Waals surface area contributed by atoms with E-state index in [0.29, 0.717) is 32.7 Å². The van der Waals surface area contributed by atoms with Crippen LogP contribution in [0.1, 0.15) is 19.8 Å². The van der Waals surface area contributed by atoms with Crippen molar-refractivity contribution in [1.29, 1.82) is 0 Å². The quantitative estimate of drug-likeness (QED) is 0.530. The summed E-state index contributed by atoms with van der Waals surface area (Å²) in [6.07, 6.45) is 0.971. The number of rotatable bonds is 9. The Balaban J connectivity index is 3.40. The minimum absolute atomic E-state index is 0.0243. The van der Waals surface area contributed by atoms with E-state index in [9.17, 15) is 4.79 Å². The summed E-state index contributed by atoms with van der Waals surface area (Å²) in [5.74, 6) is -0.0243. The number of carbonyl (C=O) groups excluding carboxylic acids is 1. The summed E-state index contributed by atoms with van der Waals surface area (Å²) in [4.78, 5) is 11.3. The molecule has 0 aliphatic carbocycles. The fourth-order valence-electron chi connectivity index (χ4n) is 1.09. The van der Waals surface area contributed by atoms with E-state index in [1.165, 1.54) is 0 Å². The van der Waals surface area contributed by atoms with Crippen molar-refractivity contribution in [1.82, 2.24) is 5.32 Å². The number of amides is 1. The van der Waals surface area contributed by atoms with E-state index in [2.05, 4.69) is 5.32 Å². The monoisotopic (exact) mass is 218 g/mol. The van der Waals surface area contributed by atoms with Crippen molar-refractivity contribution in [2.24, 2.45) is 5.73 Å². The molecule has 0 aromatic heterocycles. The number of nitrogens with two attached hydrogens (primary N) is 1. The summed E-state index contributed by atoms with van der Waals surface area (Å²) in [5, 5.41) is 2.79. The van der Waals surface area contributed by atoms with Crippen LogP contribution in [0.4, 0.5) is 0 Å². The van der Waals surface area contributed by atoms with Crippen LogP contribution < -0.4 is 11.1 Å². The van der Waals surface area contributed by atoms with E-state index in [-0.39, 0.29) is 12.0 Å². The third kappa shape index (κ3) is 8.35. The van der Waals surface area contributed by atoms with Crippen LogP contribution in [0.2, 0.25) is 0 Å². The Labute approximate surface area is 91.3 Å². The van der Waals surface area contributed by atoms with Crippen LogP contribution in [-0.2, 0) is 14.3 Å². The standard InChI is InChI=1S/C10H22N2O3/c1-3-15-6-4-5-12-10(13)7-9(8-11)14-2/h9H,3-8,11H2,1-2H3,(H,12,13). The largest absolute Gasteiger partial charge is 0.382 e. The van der Waals surface area contributed by atoms with Gasteiger partial charge in [-0.05, 0) is 13.3 Å². The second kappa shape index (κ2) is 9.89. The lowest BCUT2D eigenvalue weighted by atomic mass is 10.2. The molecule has 0 spiro atoms. The Morgan fingerprint density at radius 1 is 1.53 bits per heavy atom. The first kappa shape index (κ1) is 14.3. The first-order chi connectivity index (χ1) is 7.24. The van der Waals surface area contributed by atoms with Crippen LogP contribution in [0, 0.1) is 0 Å². The average molecular weight is 218 g/mol. The minimum Gasteiger partial charge on any atom is -0.382 e. The van der Waals surface area contributed by atoms with Crippen molar-refractivity contribution >= 4 is 5.91 Å². The zero-order valence-electron chi connectivity index (χ0n) is 9.62. The average Bonchev–Trinajstić information content (AvgIpc) is 2.25. The third-order valence-electron chi connectivity index (χ3n) is 2.00. The second-order valence-corrected chi connectivity index (χ2v) is 3.20. The Kier molecular flexibility index (Phi) is 9.46. The van der Waals surface area contributed by atoms with Crippen molar-refractivity contribution in [3.63, 3.8) is 0 Å². The van der Waals surface area contributed by atoms with Gasteiger partial charge in [0.25, 0.3) is 0 Å². The number of hydrogen-bond acceptors (Lipinski definition) is 4. The van der Waals surface area contributed by atoms with Gasteiger partial charge in [0, 0.05) is 33.4 Å². The van der Waals surface area contributed by atoms with E-state index >= 15 is 0 Å². The Morgan fingerprint density at radius 2 is 2.27 bits per heavy atom. The number of ether oxygens (including phenoxy) is 2. The summed E-state index contributed by atoms with van der Waals surface area (Å²) >= 11 is 0. The molecule has 0 aliphatic heterocycles. The SMILES string of the molecule is CCOCCCNC(=O)CC(CN)OC. The highest BCUT2D eigenvalue weighted by atomic mass is 16.5. The van der Waals surface area contributed by atoms with Gasteiger partial charge in [-0.25, -0.2) is 0 Å². The van der Waals surface area contributed by atoms with Crippen LogP contribution in [-0.4, -0.2) is 45.4 Å². The molecule has 0 saturated carbocycles. The molecule has 1 amide bonds. The molecule has 0 bridgehead atoms. The van der Waals surface area contributed by atoms with Gasteiger partial charge in [0.2, 0.25) is 5.91 Å². The van der Waals surface area contributed by atoms with Crippen molar-refractivity contribution in [2.75, 3.05) is 33.4 Å². The molecular weight excluding hydrogens is 196 g/mol. The van der Waals surface area contributed by atoms with Gasteiger partial charge in [0.15, 0.2) is 0 Å². The van der Waals surface area contributed by atoms with Gasteiger partial charge in [0.1, 0.15) is 0 Å². The van der Waals surface area contributed by atoms with Crippen LogP contribution in [0.5, 0.6) is 0 Å². The predicted molar refractivity (Wildman–Crippen MR) is 58.6 cm³/mol. The van der Waals surface area contributed by atoms with Crippen LogP contribution in [0.15, 0.2) is 0 Å². The first-order valence-electron chi connectivity index (χ1n) is 5.31. The number of nitrogens with one attached hydrogen (secondary N) is 1. The van der Waals surface area contributed by atoms with E-state index in [4.69, 9.17) is 15.2 Å². The maximum atomic E-state index is 11.3. The summed E-state index contributed by atoms with van der Waals surface area (Å²) in [6.45, 7) is 4.35. The van der Waals surface area contributed by atoms with Gasteiger partial charge in [-0.1, -0.05) is 0 Å². The lowest BCUT2D eigenvalue weighted by molar-refractivity contribution is -0.123. The minimum atomic E-state index is -0.183. The van der Waals surface area contributed by atoms with Crippen molar-refractivity contribution in [2.45, 2.75) is 25.9 Å². The van der Waals surface area contributed by atoms with Gasteiger partial charge in [0.05, 0.1) is 12.5 Å². The maximum absolute atomic E-state index is 11.3.